The smallest absolute Gasteiger partial charge is 0.315 e. The van der Waals surface area contributed by atoms with Crippen LogP contribution >= 0.6 is 0 Å². The molecule has 5 nitrogen and oxygen atoms in total. The molecule has 0 saturated heterocycles. The van der Waals surface area contributed by atoms with Gasteiger partial charge < -0.3 is 23.4 Å². The van der Waals surface area contributed by atoms with Crippen LogP contribution in [0.5, 0.6) is 0 Å². The summed E-state index contributed by atoms with van der Waals surface area (Å²) < 4.78 is 19.5. The van der Waals surface area contributed by atoms with Gasteiger partial charge in [-0.15, -0.1) is 0 Å². The van der Waals surface area contributed by atoms with Crippen molar-refractivity contribution in [3.63, 3.8) is 0 Å². The first kappa shape index (κ1) is 22.7. The Bertz CT molecular complexity index is 332. The Labute approximate surface area is 142 Å². The minimum atomic E-state index is -2.23. The molecule has 0 aliphatic rings. The molecule has 0 aliphatic heterocycles. The highest BCUT2D eigenvalue weighted by atomic mass is 28.5. The Balaban J connectivity index is 4.90. The molecule has 1 unspecified atom stereocenters. The van der Waals surface area contributed by atoms with Crippen LogP contribution < -0.4 is 11.1 Å². The van der Waals surface area contributed by atoms with Crippen LogP contribution in [0.25, 0.3) is 0 Å². The Hall–Kier alpha value is 0.668. The summed E-state index contributed by atoms with van der Waals surface area (Å²) in [6.45, 7) is 21.3. The molecule has 9 heteroatoms. The molecule has 0 saturated carbocycles. The van der Waals surface area contributed by atoms with Gasteiger partial charge in [-0.05, 0) is 77.9 Å². The van der Waals surface area contributed by atoms with E-state index >= 15 is 0 Å². The standard InChI is InChI=1S/C13H38N2O3Si4/c1-19(2,3)16-21(7,8)18-22(9,17-20(4,5)6)12-10-11-15-13-14/h15H,10-14H2,1-9H3. The molecule has 0 amide bonds. The second-order valence-electron chi connectivity index (χ2n) is 8.37. The summed E-state index contributed by atoms with van der Waals surface area (Å²) in [5.41, 5.74) is 5.49. The zero-order chi connectivity index (χ0) is 17.7. The summed E-state index contributed by atoms with van der Waals surface area (Å²) >= 11 is 0. The van der Waals surface area contributed by atoms with Crippen molar-refractivity contribution in [1.29, 1.82) is 0 Å². The second kappa shape index (κ2) is 8.67. The number of hydrogen-bond acceptors (Lipinski definition) is 5. The van der Waals surface area contributed by atoms with Crippen molar-refractivity contribution in [3.05, 3.63) is 0 Å². The molecule has 134 valence electrons. The van der Waals surface area contributed by atoms with E-state index in [2.05, 4.69) is 64.2 Å². The fourth-order valence-electron chi connectivity index (χ4n) is 2.69. The summed E-state index contributed by atoms with van der Waals surface area (Å²) in [7, 11) is -7.66. The van der Waals surface area contributed by atoms with E-state index < -0.39 is 33.8 Å². The van der Waals surface area contributed by atoms with Gasteiger partial charge in [-0.1, -0.05) is 0 Å². The van der Waals surface area contributed by atoms with Crippen LogP contribution in [0.4, 0.5) is 0 Å². The summed E-state index contributed by atoms with van der Waals surface area (Å²) in [4.78, 5) is 0. The van der Waals surface area contributed by atoms with Crippen molar-refractivity contribution < 1.29 is 12.3 Å². The van der Waals surface area contributed by atoms with Gasteiger partial charge in [0.1, 0.15) is 0 Å². The molecule has 0 aromatic carbocycles. The minimum Gasteiger partial charge on any atom is -0.437 e. The van der Waals surface area contributed by atoms with Gasteiger partial charge in [0.15, 0.2) is 16.6 Å². The van der Waals surface area contributed by atoms with Crippen LogP contribution in [0, 0.1) is 0 Å². The quantitative estimate of drug-likeness (QED) is 0.326. The van der Waals surface area contributed by atoms with Crippen molar-refractivity contribution in [3.8, 4) is 0 Å². The summed E-state index contributed by atoms with van der Waals surface area (Å²) in [6, 6.07) is 0.982. The third-order valence-corrected chi connectivity index (χ3v) is 16.2. The van der Waals surface area contributed by atoms with Crippen LogP contribution in [0.2, 0.25) is 65.0 Å². The topological polar surface area (TPSA) is 65.7 Å². The summed E-state index contributed by atoms with van der Waals surface area (Å²) in [5, 5.41) is 3.17. The molecule has 0 bridgehead atoms. The Morgan fingerprint density at radius 3 is 1.68 bits per heavy atom. The average Bonchev–Trinajstić information content (AvgIpc) is 2.16. The van der Waals surface area contributed by atoms with Crippen molar-refractivity contribution in [2.75, 3.05) is 13.2 Å². The fraction of sp³-hybridized carbons (Fsp3) is 1.00. The highest BCUT2D eigenvalue weighted by Gasteiger charge is 2.43. The van der Waals surface area contributed by atoms with Gasteiger partial charge in [0.25, 0.3) is 0 Å². The molecule has 0 spiro atoms. The van der Waals surface area contributed by atoms with Gasteiger partial charge >= 0.3 is 17.1 Å². The number of nitrogens with one attached hydrogen (secondary N) is 1. The number of rotatable bonds is 11. The van der Waals surface area contributed by atoms with Gasteiger partial charge in [0, 0.05) is 6.67 Å². The molecular weight excluding hydrogens is 344 g/mol. The van der Waals surface area contributed by atoms with Crippen LogP contribution in [-0.2, 0) is 12.3 Å². The van der Waals surface area contributed by atoms with Gasteiger partial charge in [-0.3, -0.25) is 0 Å². The van der Waals surface area contributed by atoms with E-state index in [1.54, 1.807) is 0 Å². The van der Waals surface area contributed by atoms with Crippen molar-refractivity contribution in [2.45, 2.75) is 71.4 Å². The van der Waals surface area contributed by atoms with Crippen LogP contribution in [-0.4, -0.2) is 47.0 Å². The van der Waals surface area contributed by atoms with E-state index in [-0.39, 0.29) is 0 Å². The van der Waals surface area contributed by atoms with E-state index in [0.717, 1.165) is 19.0 Å². The van der Waals surface area contributed by atoms with Crippen molar-refractivity contribution in [2.24, 2.45) is 5.73 Å². The van der Waals surface area contributed by atoms with Crippen molar-refractivity contribution in [1.82, 2.24) is 5.32 Å². The Morgan fingerprint density at radius 1 is 0.773 bits per heavy atom. The highest BCUT2D eigenvalue weighted by Crippen LogP contribution is 2.27. The van der Waals surface area contributed by atoms with Gasteiger partial charge in [-0.25, -0.2) is 0 Å². The normalized spacial score (nSPS) is 16.6. The molecule has 22 heavy (non-hydrogen) atoms. The average molecular weight is 383 g/mol. The maximum Gasteiger partial charge on any atom is 0.315 e. The Morgan fingerprint density at radius 2 is 1.27 bits per heavy atom. The SMILES string of the molecule is C[Si](C)(C)O[Si](C)(C)O[Si](C)(CCCNCN)O[Si](C)(C)C. The van der Waals surface area contributed by atoms with E-state index in [0.29, 0.717) is 6.67 Å². The van der Waals surface area contributed by atoms with Crippen LogP contribution in [0.15, 0.2) is 0 Å². The third kappa shape index (κ3) is 12.1. The van der Waals surface area contributed by atoms with Gasteiger partial charge in [-0.2, -0.15) is 0 Å². The highest BCUT2D eigenvalue weighted by molar-refractivity contribution is 6.89. The summed E-state index contributed by atoms with van der Waals surface area (Å²) in [6.07, 6.45) is 1.03. The van der Waals surface area contributed by atoms with E-state index in [1.807, 2.05) is 0 Å². The molecular formula is C13H38N2O3Si4. The molecule has 3 N–H and O–H groups in total. The molecule has 0 rings (SSSR count). The van der Waals surface area contributed by atoms with Crippen LogP contribution in [0.1, 0.15) is 6.42 Å². The van der Waals surface area contributed by atoms with Crippen molar-refractivity contribution >= 4 is 33.8 Å². The molecule has 0 aromatic rings. The zero-order valence-corrected chi connectivity index (χ0v) is 20.1. The third-order valence-electron chi connectivity index (χ3n) is 2.66. The summed E-state index contributed by atoms with van der Waals surface area (Å²) in [5.74, 6) is 0. The van der Waals surface area contributed by atoms with E-state index in [4.69, 9.17) is 18.1 Å². The van der Waals surface area contributed by atoms with Gasteiger partial charge in [0.05, 0.1) is 0 Å². The fourth-order valence-corrected chi connectivity index (χ4v) is 20.6. The van der Waals surface area contributed by atoms with E-state index in [9.17, 15) is 0 Å². The molecule has 0 radical (unpaired) electrons. The monoisotopic (exact) mass is 382 g/mol. The Kier molecular flexibility index (Phi) is 8.94. The van der Waals surface area contributed by atoms with Gasteiger partial charge in [0.2, 0.25) is 0 Å². The molecule has 0 fully saturated rings. The number of hydrogen-bond donors (Lipinski definition) is 2. The predicted molar refractivity (Wildman–Crippen MR) is 106 cm³/mol. The molecule has 0 aromatic heterocycles. The molecule has 0 heterocycles. The number of nitrogens with two attached hydrogens (primary N) is 1. The zero-order valence-electron chi connectivity index (χ0n) is 16.1. The first-order valence-corrected chi connectivity index (χ1v) is 20.4. The first-order chi connectivity index (χ1) is 9.68. The largest absolute Gasteiger partial charge is 0.437 e. The van der Waals surface area contributed by atoms with E-state index in [1.165, 1.54) is 0 Å². The van der Waals surface area contributed by atoms with Crippen LogP contribution in [0.3, 0.4) is 0 Å². The second-order valence-corrected chi connectivity index (χ2v) is 24.8. The maximum absolute atomic E-state index is 6.60. The first-order valence-electron chi connectivity index (χ1n) is 8.19. The minimum absolute atomic E-state index is 0.521. The lowest BCUT2D eigenvalue weighted by atomic mass is 10.5. The maximum atomic E-state index is 6.60. The lowest BCUT2D eigenvalue weighted by Crippen LogP contribution is -2.56. The molecule has 1 atom stereocenters. The lowest BCUT2D eigenvalue weighted by molar-refractivity contribution is 0.322. The molecule has 0 aliphatic carbocycles. The predicted octanol–water partition coefficient (Wildman–Crippen LogP) is 3.38. The lowest BCUT2D eigenvalue weighted by Gasteiger charge is -2.41.